The Morgan fingerprint density at radius 1 is 0.941 bits per heavy atom. The number of hydrogen-bond donors (Lipinski definition) is 6. The maximum atomic E-state index is 7.56. The fraction of sp³-hybridized carbons (Fsp3) is 0.833. The van der Waals surface area contributed by atoms with E-state index >= 15 is 0 Å². The van der Waals surface area contributed by atoms with Crippen molar-refractivity contribution in [2.24, 2.45) is 5.92 Å². The van der Waals surface area contributed by atoms with Gasteiger partial charge in [-0.2, -0.15) is 6.42 Å². The van der Waals surface area contributed by atoms with Crippen LogP contribution >= 0.6 is 13.4 Å². The van der Waals surface area contributed by atoms with Crippen LogP contribution in [0.3, 0.4) is 0 Å². The average molecular weight is 379 g/mol. The van der Waals surface area contributed by atoms with Gasteiger partial charge in [0.1, 0.15) is 0 Å². The van der Waals surface area contributed by atoms with Crippen LogP contribution < -0.4 is 0 Å². The molecule has 0 saturated heterocycles. The normalized spacial score (nSPS) is 10.5. The van der Waals surface area contributed by atoms with Crippen molar-refractivity contribution in [3.63, 3.8) is 0 Å². The summed E-state index contributed by atoms with van der Waals surface area (Å²) in [5.74, 6) is 0.836. The van der Waals surface area contributed by atoms with E-state index in [1.807, 2.05) is 0 Å². The summed E-state index contributed by atoms with van der Waals surface area (Å²) in [5.41, 5.74) is 0. The summed E-state index contributed by atoms with van der Waals surface area (Å²) in [6, 6.07) is 0. The van der Waals surface area contributed by atoms with Gasteiger partial charge < -0.3 is 36.3 Å². The topological polar surface area (TPSA) is 121 Å². The molecule has 0 rings (SSSR count). The molecule has 0 aromatic heterocycles. The van der Waals surface area contributed by atoms with Crippen molar-refractivity contribution in [1.82, 2.24) is 0 Å². The molecule has 0 heterocycles. The van der Waals surface area contributed by atoms with Crippen LogP contribution in [-0.2, 0) is 43.1 Å². The number of hydrogen-bond acceptors (Lipinski definition) is 2. The molecule has 6 N–H and O–H groups in total. The third-order valence-corrected chi connectivity index (χ3v) is 0.781. The zero-order chi connectivity index (χ0) is 14.0. The molecule has 11 heteroatoms. The Labute approximate surface area is 125 Å². The molecule has 6 nitrogen and oxygen atoms in total. The van der Waals surface area contributed by atoms with Gasteiger partial charge in [0.05, 0.1) is 0 Å². The Morgan fingerprint density at radius 2 is 1.12 bits per heavy atom. The minimum Gasteiger partial charge on any atom is -0.343 e. The van der Waals surface area contributed by atoms with Crippen molar-refractivity contribution < 1.29 is 48.8 Å². The van der Waals surface area contributed by atoms with Gasteiger partial charge in [0, 0.05) is 19.5 Å². The van der Waals surface area contributed by atoms with Crippen LogP contribution in [0, 0.1) is 12.8 Å². The Balaban J connectivity index is -0.0000000729. The van der Waals surface area contributed by atoms with Crippen molar-refractivity contribution in [3.8, 4) is 0 Å². The second kappa shape index (κ2) is 14.1. The van der Waals surface area contributed by atoms with E-state index in [1.54, 1.807) is 0 Å². The molecule has 0 aliphatic rings. The Kier molecular flexibility index (Phi) is 22.5. The van der Waals surface area contributed by atoms with Crippen LogP contribution in [0.1, 0.15) is 26.7 Å². The van der Waals surface area contributed by atoms with E-state index in [4.69, 9.17) is 29.4 Å². The predicted octanol–water partition coefficient (Wildman–Crippen LogP) is 0.630. The summed E-state index contributed by atoms with van der Waals surface area (Å²) < 4.78 is 0. The molecule has 17 heavy (non-hydrogen) atoms. The summed E-state index contributed by atoms with van der Waals surface area (Å²) in [7, 11) is 0. The predicted molar refractivity (Wildman–Crippen MR) is 71.3 cm³/mol. The number of rotatable bonds is 2. The molecule has 0 bridgehead atoms. The first-order valence-corrected chi connectivity index (χ1v) is 9.45. The molecule has 0 amide bonds. The monoisotopic (exact) mass is 377 g/mol. The van der Waals surface area contributed by atoms with E-state index in [-0.39, 0.29) is 19.5 Å². The van der Waals surface area contributed by atoms with Crippen molar-refractivity contribution >= 4 is 37.1 Å². The zero-order valence-electron chi connectivity index (χ0n) is 9.80. The molecule has 0 saturated carbocycles. The second-order valence-electron chi connectivity index (χ2n) is 3.06. The van der Waals surface area contributed by atoms with Crippen LogP contribution in [0.4, 0.5) is 0 Å². The fourth-order valence-corrected chi connectivity index (χ4v) is 0.408. The van der Waals surface area contributed by atoms with Gasteiger partial charge in [0.25, 0.3) is 0 Å². The van der Waals surface area contributed by atoms with Crippen molar-refractivity contribution in [1.29, 1.82) is 0 Å². The standard InChI is InChI=1S/C6H13.2H3O3PS.Zn/c1-4-5-6(2)3;2*1-4(2,3)5;/h6H,1,4-5H2,2-3H3;2*(H3,1,2,3,5);/q-1;;;. The smallest absolute Gasteiger partial charge is 0.319 e. The Hall–Kier alpha value is 1.68. The first-order chi connectivity index (χ1) is 6.77. The van der Waals surface area contributed by atoms with Gasteiger partial charge in [-0.3, -0.25) is 0 Å². The van der Waals surface area contributed by atoms with Crippen LogP contribution in [0.2, 0.25) is 0 Å². The largest absolute Gasteiger partial charge is 0.343 e. The molecule has 0 aromatic rings. The summed E-state index contributed by atoms with van der Waals surface area (Å²) in [6.07, 6.45) is 2.34. The SMILES string of the molecule is OP(O)(O)=S.OP(O)(O)=S.[CH2-]CCC(C)C.[Zn]. The first-order valence-electron chi connectivity index (χ1n) is 4.13. The zero-order valence-corrected chi connectivity index (χ0v) is 16.2. The van der Waals surface area contributed by atoms with Gasteiger partial charge >= 0.3 is 13.4 Å². The fourth-order valence-electron chi connectivity index (χ4n) is 0.408. The molecule has 0 aliphatic heterocycles. The minimum atomic E-state index is -3.81. The van der Waals surface area contributed by atoms with Crippen LogP contribution in [0.5, 0.6) is 0 Å². The summed E-state index contributed by atoms with van der Waals surface area (Å²) >= 11 is 7.21. The van der Waals surface area contributed by atoms with Crippen LogP contribution in [0.25, 0.3) is 0 Å². The van der Waals surface area contributed by atoms with E-state index in [1.165, 1.54) is 6.42 Å². The maximum Gasteiger partial charge on any atom is 0.319 e. The molecule has 0 unspecified atom stereocenters. The van der Waals surface area contributed by atoms with Gasteiger partial charge in [-0.15, -0.1) is 0 Å². The minimum absolute atomic E-state index is 0. The summed E-state index contributed by atoms with van der Waals surface area (Å²) in [6.45, 7) is 0.542. The van der Waals surface area contributed by atoms with E-state index in [0.29, 0.717) is 0 Å². The van der Waals surface area contributed by atoms with Crippen LogP contribution in [0.15, 0.2) is 0 Å². The summed E-state index contributed by atoms with van der Waals surface area (Å²) in [4.78, 5) is 45.3. The molecular weight excluding hydrogens is 360 g/mol. The van der Waals surface area contributed by atoms with E-state index in [9.17, 15) is 0 Å². The molecule has 0 fully saturated rings. The van der Waals surface area contributed by atoms with Gasteiger partial charge in [0.15, 0.2) is 0 Å². The van der Waals surface area contributed by atoms with Crippen LogP contribution in [-0.4, -0.2) is 29.4 Å². The molecule has 0 spiro atoms. The molecule has 104 valence electrons. The third-order valence-electron chi connectivity index (χ3n) is 0.781. The van der Waals surface area contributed by atoms with E-state index in [2.05, 4.69) is 44.4 Å². The van der Waals surface area contributed by atoms with Gasteiger partial charge in [-0.05, 0) is 29.5 Å². The maximum absolute atomic E-state index is 7.56. The second-order valence-corrected chi connectivity index (χ2v) is 8.06. The molecule has 0 aliphatic carbocycles. The Morgan fingerprint density at radius 3 is 1.12 bits per heavy atom. The van der Waals surface area contributed by atoms with Gasteiger partial charge in [0.2, 0.25) is 0 Å². The van der Waals surface area contributed by atoms with E-state index in [0.717, 1.165) is 12.3 Å². The molecule has 0 radical (unpaired) electrons. The van der Waals surface area contributed by atoms with Crippen molar-refractivity contribution in [3.05, 3.63) is 6.92 Å². The molecule has 0 aromatic carbocycles. The molecule has 0 atom stereocenters. The van der Waals surface area contributed by atoms with Crippen molar-refractivity contribution in [2.75, 3.05) is 0 Å². The Bertz CT molecular complexity index is 204. The van der Waals surface area contributed by atoms with Gasteiger partial charge in [-0.1, -0.05) is 20.3 Å². The average Bonchev–Trinajstić information content (AvgIpc) is 1.76. The summed E-state index contributed by atoms with van der Waals surface area (Å²) in [5, 5.41) is 0. The molecular formula is C6H19O6P2S2Zn-. The van der Waals surface area contributed by atoms with Crippen molar-refractivity contribution in [2.45, 2.75) is 26.7 Å². The van der Waals surface area contributed by atoms with Gasteiger partial charge in [-0.25, -0.2) is 0 Å². The quantitative estimate of drug-likeness (QED) is 0.235. The first kappa shape index (κ1) is 27.1. The van der Waals surface area contributed by atoms with E-state index < -0.39 is 13.4 Å². The third kappa shape index (κ3) is 198.